The molecule has 1 aromatic rings. The summed E-state index contributed by atoms with van der Waals surface area (Å²) < 4.78 is 13.4. The van der Waals surface area contributed by atoms with Crippen molar-refractivity contribution in [1.82, 2.24) is 10.2 Å². The predicted molar refractivity (Wildman–Crippen MR) is 82.6 cm³/mol. The maximum absolute atomic E-state index is 13.4. The Morgan fingerprint density at radius 3 is 2.70 bits per heavy atom. The zero-order valence-electron chi connectivity index (χ0n) is 12.2. The van der Waals surface area contributed by atoms with Gasteiger partial charge in [0.25, 0.3) is 0 Å². The Bertz CT molecular complexity index is 399. The molecule has 0 radical (unpaired) electrons. The monoisotopic (exact) mass is 298 g/mol. The van der Waals surface area contributed by atoms with Crippen LogP contribution in [0.5, 0.6) is 0 Å². The number of nitrogens with one attached hydrogen (secondary N) is 1. The molecule has 0 atom stereocenters. The summed E-state index contributed by atoms with van der Waals surface area (Å²) in [5.41, 5.74) is 0.970. The van der Waals surface area contributed by atoms with Crippen LogP contribution in [0.2, 0.25) is 5.02 Å². The first-order chi connectivity index (χ1) is 9.67. The van der Waals surface area contributed by atoms with Crippen molar-refractivity contribution in [2.24, 2.45) is 5.92 Å². The molecule has 0 saturated carbocycles. The first kappa shape index (κ1) is 15.7. The normalized spacial score (nSPS) is 16.8. The Hall–Kier alpha value is -0.640. The minimum atomic E-state index is -0.245. The summed E-state index contributed by atoms with van der Waals surface area (Å²) in [4.78, 5) is 2.43. The molecule has 0 unspecified atom stereocenters. The van der Waals surface area contributed by atoms with Crippen molar-refractivity contribution < 1.29 is 4.39 Å². The van der Waals surface area contributed by atoms with Crippen molar-refractivity contribution in [2.45, 2.75) is 32.7 Å². The van der Waals surface area contributed by atoms with Gasteiger partial charge >= 0.3 is 0 Å². The Morgan fingerprint density at radius 1 is 1.30 bits per heavy atom. The molecule has 20 heavy (non-hydrogen) atoms. The summed E-state index contributed by atoms with van der Waals surface area (Å²) >= 11 is 5.94. The molecule has 1 heterocycles. The Kier molecular flexibility index (Phi) is 6.27. The summed E-state index contributed by atoms with van der Waals surface area (Å²) in [6.45, 7) is 7.37. The average Bonchev–Trinajstić information content (AvgIpc) is 2.39. The molecule has 1 aliphatic heterocycles. The lowest BCUT2D eigenvalue weighted by Gasteiger charge is -2.30. The van der Waals surface area contributed by atoms with Gasteiger partial charge in [-0.3, -0.25) is 4.90 Å². The van der Waals surface area contributed by atoms with Crippen molar-refractivity contribution in [3.63, 3.8) is 0 Å². The van der Waals surface area contributed by atoms with E-state index in [2.05, 4.69) is 17.1 Å². The number of piperidine rings is 1. The van der Waals surface area contributed by atoms with Gasteiger partial charge in [-0.15, -0.1) is 0 Å². The van der Waals surface area contributed by atoms with Gasteiger partial charge in [-0.05, 0) is 68.6 Å². The molecule has 0 spiro atoms. The van der Waals surface area contributed by atoms with E-state index in [-0.39, 0.29) is 5.82 Å². The molecule has 112 valence electrons. The lowest BCUT2D eigenvalue weighted by atomic mass is 9.97. The largest absolute Gasteiger partial charge is 0.317 e. The molecule has 1 saturated heterocycles. The second-order valence-corrected chi connectivity index (χ2v) is 6.14. The minimum absolute atomic E-state index is 0.245. The summed E-state index contributed by atoms with van der Waals surface area (Å²) in [6, 6.07) is 4.83. The Labute approximate surface area is 126 Å². The van der Waals surface area contributed by atoms with Gasteiger partial charge in [-0.1, -0.05) is 18.5 Å². The molecular formula is C16H24ClFN2. The van der Waals surface area contributed by atoms with E-state index in [0.717, 1.165) is 50.6 Å². The molecule has 1 aromatic carbocycles. The standard InChI is InChI=1S/C16H24ClFN2/c1-2-7-20(11-13-3-5-19-6-4-13)12-14-8-15(17)10-16(18)9-14/h8-10,13,19H,2-7,11-12H2,1H3. The smallest absolute Gasteiger partial charge is 0.125 e. The Balaban J connectivity index is 1.96. The van der Waals surface area contributed by atoms with Crippen molar-refractivity contribution in [2.75, 3.05) is 26.2 Å². The van der Waals surface area contributed by atoms with Crippen LogP contribution >= 0.6 is 11.6 Å². The van der Waals surface area contributed by atoms with Crippen LogP contribution in [0.4, 0.5) is 4.39 Å². The van der Waals surface area contributed by atoms with Gasteiger partial charge in [0.05, 0.1) is 0 Å². The second kappa shape index (κ2) is 7.96. The van der Waals surface area contributed by atoms with Crippen LogP contribution < -0.4 is 5.32 Å². The van der Waals surface area contributed by atoms with Crippen LogP contribution in [0, 0.1) is 11.7 Å². The van der Waals surface area contributed by atoms with Crippen LogP contribution in [0.1, 0.15) is 31.7 Å². The molecule has 0 aliphatic carbocycles. The summed E-state index contributed by atoms with van der Waals surface area (Å²) in [5, 5.41) is 3.88. The van der Waals surface area contributed by atoms with E-state index in [9.17, 15) is 4.39 Å². The van der Waals surface area contributed by atoms with Crippen LogP contribution in [0.3, 0.4) is 0 Å². The summed E-state index contributed by atoms with van der Waals surface area (Å²) in [7, 11) is 0. The van der Waals surface area contributed by atoms with Crippen LogP contribution in [-0.4, -0.2) is 31.1 Å². The SMILES string of the molecule is CCCN(Cc1cc(F)cc(Cl)c1)CC1CCNCC1. The molecule has 1 aliphatic rings. The second-order valence-electron chi connectivity index (χ2n) is 5.71. The average molecular weight is 299 g/mol. The molecular weight excluding hydrogens is 275 g/mol. The summed E-state index contributed by atoms with van der Waals surface area (Å²) in [5.74, 6) is 0.512. The number of hydrogen-bond acceptors (Lipinski definition) is 2. The summed E-state index contributed by atoms with van der Waals surface area (Å²) in [6.07, 6.45) is 3.60. The highest BCUT2D eigenvalue weighted by atomic mass is 35.5. The fourth-order valence-corrected chi connectivity index (χ4v) is 3.19. The van der Waals surface area contributed by atoms with E-state index in [0.29, 0.717) is 5.02 Å². The van der Waals surface area contributed by atoms with E-state index in [1.54, 1.807) is 6.07 Å². The number of nitrogens with zero attached hydrogens (tertiary/aromatic N) is 1. The van der Waals surface area contributed by atoms with Gasteiger partial charge in [-0.25, -0.2) is 4.39 Å². The number of rotatable bonds is 6. The molecule has 1 fully saturated rings. The third kappa shape index (κ3) is 5.04. The van der Waals surface area contributed by atoms with E-state index in [4.69, 9.17) is 11.6 Å². The van der Waals surface area contributed by atoms with Gasteiger partial charge < -0.3 is 5.32 Å². The first-order valence-electron chi connectivity index (χ1n) is 7.55. The maximum atomic E-state index is 13.4. The lowest BCUT2D eigenvalue weighted by molar-refractivity contribution is 0.198. The van der Waals surface area contributed by atoms with Gasteiger partial charge in [0, 0.05) is 18.1 Å². The van der Waals surface area contributed by atoms with Crippen LogP contribution in [0.25, 0.3) is 0 Å². The van der Waals surface area contributed by atoms with Crippen molar-refractivity contribution >= 4 is 11.6 Å². The van der Waals surface area contributed by atoms with Crippen molar-refractivity contribution in [3.05, 3.63) is 34.6 Å². The van der Waals surface area contributed by atoms with E-state index < -0.39 is 0 Å². The van der Waals surface area contributed by atoms with Gasteiger partial charge in [0.1, 0.15) is 5.82 Å². The molecule has 0 bridgehead atoms. The van der Waals surface area contributed by atoms with Gasteiger partial charge in [0.2, 0.25) is 0 Å². The lowest BCUT2D eigenvalue weighted by Crippen LogP contribution is -2.36. The van der Waals surface area contributed by atoms with Crippen LogP contribution in [0.15, 0.2) is 18.2 Å². The van der Waals surface area contributed by atoms with E-state index in [1.165, 1.54) is 18.9 Å². The number of halogens is 2. The first-order valence-corrected chi connectivity index (χ1v) is 7.93. The van der Waals surface area contributed by atoms with Crippen molar-refractivity contribution in [3.8, 4) is 0 Å². The third-order valence-electron chi connectivity index (χ3n) is 3.84. The molecule has 2 nitrogen and oxygen atoms in total. The molecule has 4 heteroatoms. The van der Waals surface area contributed by atoms with E-state index >= 15 is 0 Å². The quantitative estimate of drug-likeness (QED) is 0.861. The third-order valence-corrected chi connectivity index (χ3v) is 4.06. The predicted octanol–water partition coefficient (Wildman–Crippen LogP) is 3.69. The topological polar surface area (TPSA) is 15.3 Å². The van der Waals surface area contributed by atoms with Crippen molar-refractivity contribution in [1.29, 1.82) is 0 Å². The van der Waals surface area contributed by atoms with Gasteiger partial charge in [-0.2, -0.15) is 0 Å². The highest BCUT2D eigenvalue weighted by Gasteiger charge is 2.17. The van der Waals surface area contributed by atoms with Crippen LogP contribution in [-0.2, 0) is 6.54 Å². The molecule has 1 N–H and O–H groups in total. The Morgan fingerprint density at radius 2 is 2.05 bits per heavy atom. The molecule has 2 rings (SSSR count). The zero-order valence-corrected chi connectivity index (χ0v) is 12.9. The molecule has 0 aromatic heterocycles. The highest BCUT2D eigenvalue weighted by Crippen LogP contribution is 2.19. The molecule has 0 amide bonds. The highest BCUT2D eigenvalue weighted by molar-refractivity contribution is 6.30. The fourth-order valence-electron chi connectivity index (χ4n) is 2.94. The minimum Gasteiger partial charge on any atom is -0.317 e. The van der Waals surface area contributed by atoms with E-state index in [1.807, 2.05) is 6.07 Å². The number of hydrogen-bond donors (Lipinski definition) is 1. The number of benzene rings is 1. The fraction of sp³-hybridized carbons (Fsp3) is 0.625. The van der Waals surface area contributed by atoms with Gasteiger partial charge in [0.15, 0.2) is 0 Å². The maximum Gasteiger partial charge on any atom is 0.125 e. The zero-order chi connectivity index (χ0) is 14.4.